The van der Waals surface area contributed by atoms with Crippen LogP contribution in [0.25, 0.3) is 0 Å². The Hall–Kier alpha value is -1.98. The lowest BCUT2D eigenvalue weighted by Gasteiger charge is -2.19. The van der Waals surface area contributed by atoms with Gasteiger partial charge in [0.05, 0.1) is 0 Å². The second-order valence-corrected chi connectivity index (χ2v) is 5.88. The van der Waals surface area contributed by atoms with E-state index < -0.39 is 0 Å². The largest absolute Gasteiger partial charge is 0.358 e. The maximum absolute atomic E-state index is 5.45. The normalized spacial score (nSPS) is 16.2. The van der Waals surface area contributed by atoms with E-state index in [2.05, 4.69) is 46.2 Å². The summed E-state index contributed by atoms with van der Waals surface area (Å²) in [5.74, 6) is 3.10. The van der Waals surface area contributed by atoms with E-state index in [9.17, 15) is 0 Å². The zero-order valence-corrected chi connectivity index (χ0v) is 12.7. The van der Waals surface area contributed by atoms with Crippen LogP contribution >= 0.6 is 0 Å². The van der Waals surface area contributed by atoms with Gasteiger partial charge >= 0.3 is 0 Å². The second kappa shape index (κ2) is 5.79. The smallest absolute Gasteiger partial charge is 0.249 e. The number of hydrogen-bond donors (Lipinski definition) is 1. The molecule has 2 aromatic heterocycles. The van der Waals surface area contributed by atoms with E-state index in [0.717, 1.165) is 23.8 Å². The molecule has 0 aliphatic heterocycles. The van der Waals surface area contributed by atoms with Crippen LogP contribution in [0.2, 0.25) is 0 Å². The van der Waals surface area contributed by atoms with Crippen molar-refractivity contribution in [3.8, 4) is 0 Å². The van der Waals surface area contributed by atoms with Crippen LogP contribution in [-0.4, -0.2) is 20.1 Å². The average Bonchev–Trinajstić information content (AvgIpc) is 3.23. The molecular formula is C15H21N5O. The third kappa shape index (κ3) is 3.20. The zero-order valence-electron chi connectivity index (χ0n) is 12.7. The molecule has 2 heterocycles. The summed E-state index contributed by atoms with van der Waals surface area (Å²) in [6.07, 6.45) is 4.81. The third-order valence-electron chi connectivity index (χ3n) is 3.72. The standard InChI is InChI=1S/C15H21N5O/c1-4-11-7-12(17-8-16-11)18-13(9(2)3)15-19-14(20-21-15)10-5-6-10/h7-10,13H,4-6H2,1-3H3,(H,16,17,18)/t13-/m0/s1. The van der Waals surface area contributed by atoms with Crippen LogP contribution in [0.5, 0.6) is 0 Å². The van der Waals surface area contributed by atoms with Gasteiger partial charge in [-0.05, 0) is 25.2 Å². The Morgan fingerprint density at radius 2 is 2.14 bits per heavy atom. The van der Waals surface area contributed by atoms with E-state index in [1.165, 1.54) is 12.8 Å². The molecule has 112 valence electrons. The molecule has 0 spiro atoms. The Morgan fingerprint density at radius 3 is 2.81 bits per heavy atom. The van der Waals surface area contributed by atoms with Gasteiger partial charge in [0.15, 0.2) is 5.82 Å². The quantitative estimate of drug-likeness (QED) is 0.879. The molecule has 6 nitrogen and oxygen atoms in total. The van der Waals surface area contributed by atoms with Gasteiger partial charge in [-0.25, -0.2) is 9.97 Å². The van der Waals surface area contributed by atoms with Crippen molar-refractivity contribution in [1.29, 1.82) is 0 Å². The van der Waals surface area contributed by atoms with E-state index in [1.807, 2.05) is 6.07 Å². The van der Waals surface area contributed by atoms with E-state index >= 15 is 0 Å². The van der Waals surface area contributed by atoms with Crippen LogP contribution in [0.4, 0.5) is 5.82 Å². The van der Waals surface area contributed by atoms with E-state index in [0.29, 0.717) is 17.7 Å². The number of aryl methyl sites for hydroxylation is 1. The Kier molecular flexibility index (Phi) is 3.86. The summed E-state index contributed by atoms with van der Waals surface area (Å²) in [7, 11) is 0. The molecule has 3 rings (SSSR count). The minimum Gasteiger partial charge on any atom is -0.358 e. The predicted molar refractivity (Wildman–Crippen MR) is 78.9 cm³/mol. The van der Waals surface area contributed by atoms with Crippen LogP contribution in [0, 0.1) is 5.92 Å². The van der Waals surface area contributed by atoms with Crippen molar-refractivity contribution >= 4 is 5.82 Å². The van der Waals surface area contributed by atoms with Crippen LogP contribution in [0.15, 0.2) is 16.9 Å². The highest BCUT2D eigenvalue weighted by atomic mass is 16.5. The number of rotatable bonds is 6. The summed E-state index contributed by atoms with van der Waals surface area (Å²) in [5, 5.41) is 7.49. The lowest BCUT2D eigenvalue weighted by Crippen LogP contribution is -2.18. The van der Waals surface area contributed by atoms with Gasteiger partial charge in [-0.15, -0.1) is 0 Å². The molecule has 0 unspecified atom stereocenters. The fourth-order valence-electron chi connectivity index (χ4n) is 2.22. The average molecular weight is 287 g/mol. The van der Waals surface area contributed by atoms with Gasteiger partial charge in [0, 0.05) is 17.7 Å². The van der Waals surface area contributed by atoms with Crippen LogP contribution < -0.4 is 5.32 Å². The fourth-order valence-corrected chi connectivity index (χ4v) is 2.22. The fraction of sp³-hybridized carbons (Fsp3) is 0.600. The SMILES string of the molecule is CCc1cc(N[C@H](c2nc(C3CC3)no2)C(C)C)ncn1. The lowest BCUT2D eigenvalue weighted by atomic mass is 10.0. The summed E-state index contributed by atoms with van der Waals surface area (Å²) in [5.41, 5.74) is 1.01. The van der Waals surface area contributed by atoms with E-state index in [4.69, 9.17) is 4.52 Å². The molecule has 0 radical (unpaired) electrons. The maximum atomic E-state index is 5.45. The zero-order chi connectivity index (χ0) is 14.8. The monoisotopic (exact) mass is 287 g/mol. The van der Waals surface area contributed by atoms with Crippen molar-refractivity contribution in [2.75, 3.05) is 5.32 Å². The molecule has 21 heavy (non-hydrogen) atoms. The highest BCUT2D eigenvalue weighted by Gasteiger charge is 2.31. The highest BCUT2D eigenvalue weighted by molar-refractivity contribution is 5.37. The van der Waals surface area contributed by atoms with Gasteiger partial charge < -0.3 is 9.84 Å². The first-order chi connectivity index (χ1) is 10.2. The van der Waals surface area contributed by atoms with Crippen LogP contribution in [0.3, 0.4) is 0 Å². The molecule has 1 saturated carbocycles. The van der Waals surface area contributed by atoms with Gasteiger partial charge in [0.2, 0.25) is 5.89 Å². The van der Waals surface area contributed by atoms with E-state index in [-0.39, 0.29) is 6.04 Å². The van der Waals surface area contributed by atoms with Crippen molar-refractivity contribution in [2.45, 2.75) is 52.0 Å². The number of nitrogens with zero attached hydrogens (tertiary/aromatic N) is 4. The Bertz CT molecular complexity index is 606. The van der Waals surface area contributed by atoms with Crippen molar-refractivity contribution < 1.29 is 4.52 Å². The molecule has 0 aromatic carbocycles. The third-order valence-corrected chi connectivity index (χ3v) is 3.72. The summed E-state index contributed by atoms with van der Waals surface area (Å²) in [6.45, 7) is 6.33. The molecular weight excluding hydrogens is 266 g/mol. The first-order valence-electron chi connectivity index (χ1n) is 7.58. The van der Waals surface area contributed by atoms with Crippen molar-refractivity contribution in [1.82, 2.24) is 20.1 Å². The summed E-state index contributed by atoms with van der Waals surface area (Å²) < 4.78 is 5.45. The van der Waals surface area contributed by atoms with Crippen molar-refractivity contribution in [3.05, 3.63) is 29.8 Å². The molecule has 0 bridgehead atoms. The first-order valence-corrected chi connectivity index (χ1v) is 7.58. The second-order valence-electron chi connectivity index (χ2n) is 5.88. The van der Waals surface area contributed by atoms with Gasteiger partial charge in [-0.3, -0.25) is 0 Å². The first kappa shape index (κ1) is 14.0. The maximum Gasteiger partial charge on any atom is 0.249 e. The Morgan fingerprint density at radius 1 is 1.33 bits per heavy atom. The van der Waals surface area contributed by atoms with Gasteiger partial charge in [0.25, 0.3) is 0 Å². The molecule has 1 aliphatic rings. The molecule has 1 fully saturated rings. The van der Waals surface area contributed by atoms with Gasteiger partial charge in [-0.1, -0.05) is 25.9 Å². The molecule has 0 saturated heterocycles. The van der Waals surface area contributed by atoms with Crippen molar-refractivity contribution in [2.24, 2.45) is 5.92 Å². The number of aromatic nitrogens is 4. The highest BCUT2D eigenvalue weighted by Crippen LogP contribution is 2.39. The molecule has 6 heteroatoms. The number of hydrogen-bond acceptors (Lipinski definition) is 6. The summed E-state index contributed by atoms with van der Waals surface area (Å²) in [4.78, 5) is 13.0. The molecule has 0 amide bonds. The summed E-state index contributed by atoms with van der Waals surface area (Å²) in [6, 6.07) is 1.93. The van der Waals surface area contributed by atoms with Crippen LogP contribution in [0.1, 0.15) is 63.0 Å². The molecule has 2 aromatic rings. The van der Waals surface area contributed by atoms with Gasteiger partial charge in [-0.2, -0.15) is 4.98 Å². The molecule has 1 N–H and O–H groups in total. The topological polar surface area (TPSA) is 76.7 Å². The minimum absolute atomic E-state index is 0.0374. The molecule has 1 atom stereocenters. The minimum atomic E-state index is -0.0374. The number of nitrogens with one attached hydrogen (secondary N) is 1. The summed E-state index contributed by atoms with van der Waals surface area (Å²) >= 11 is 0. The lowest BCUT2D eigenvalue weighted by molar-refractivity contribution is 0.332. The van der Waals surface area contributed by atoms with Crippen molar-refractivity contribution in [3.63, 3.8) is 0 Å². The van der Waals surface area contributed by atoms with Crippen LogP contribution in [-0.2, 0) is 6.42 Å². The van der Waals surface area contributed by atoms with E-state index in [1.54, 1.807) is 6.33 Å². The number of anilines is 1. The Balaban J connectivity index is 1.79. The Labute approximate surface area is 124 Å². The molecule has 1 aliphatic carbocycles. The van der Waals surface area contributed by atoms with Gasteiger partial charge in [0.1, 0.15) is 18.2 Å². The predicted octanol–water partition coefficient (Wildman–Crippen LogP) is 3.11.